The Hall–Kier alpha value is -1.96. The van der Waals surface area contributed by atoms with Crippen LogP contribution >= 0.6 is 0 Å². The van der Waals surface area contributed by atoms with E-state index in [1.165, 1.54) is 6.07 Å². The molecule has 0 fully saturated rings. The van der Waals surface area contributed by atoms with E-state index in [1.807, 2.05) is 13.8 Å². The summed E-state index contributed by atoms with van der Waals surface area (Å²) in [6, 6.07) is 5.09. The number of pyridine rings is 1. The summed E-state index contributed by atoms with van der Waals surface area (Å²) in [6.07, 6.45) is 0.764. The second kappa shape index (κ2) is 10.7. The lowest BCUT2D eigenvalue weighted by atomic mass is 9.71. The number of aromatic nitrogens is 1. The Bertz CT molecular complexity index is 1290. The SMILES string of the molecule is CC(C)c1nc2c(c(C3=CCCC3)c1C(O)c1cccc(C(F)(F)F)c1)C(O[Si](C)(C)C(C)(C)C)CC(C)(C)C2. The summed E-state index contributed by atoms with van der Waals surface area (Å²) in [6.45, 7) is 19.8. The van der Waals surface area contributed by atoms with E-state index in [0.29, 0.717) is 5.56 Å². The maximum atomic E-state index is 13.7. The zero-order valence-electron chi connectivity index (χ0n) is 25.6. The Morgan fingerprint density at radius 3 is 2.35 bits per heavy atom. The molecule has 0 radical (unpaired) electrons. The Morgan fingerprint density at radius 2 is 1.80 bits per heavy atom. The predicted octanol–water partition coefficient (Wildman–Crippen LogP) is 9.91. The van der Waals surface area contributed by atoms with Crippen LogP contribution in [-0.2, 0) is 17.0 Å². The second-order valence-corrected chi connectivity index (χ2v) is 19.1. The number of fused-ring (bicyclic) bond motifs is 1. The molecule has 0 amide bonds. The highest BCUT2D eigenvalue weighted by molar-refractivity contribution is 6.74. The molecule has 0 bridgehead atoms. The maximum absolute atomic E-state index is 13.7. The molecule has 0 saturated carbocycles. The normalized spacial score (nSPS) is 20.4. The lowest BCUT2D eigenvalue weighted by Gasteiger charge is -2.45. The van der Waals surface area contributed by atoms with Crippen LogP contribution < -0.4 is 0 Å². The van der Waals surface area contributed by atoms with Crippen LogP contribution in [0.1, 0.15) is 131 Å². The molecule has 40 heavy (non-hydrogen) atoms. The van der Waals surface area contributed by atoms with E-state index in [-0.39, 0.29) is 28.0 Å². The minimum atomic E-state index is -4.49. The fraction of sp³-hybridized carbons (Fsp3) is 0.606. The molecule has 1 N–H and O–H groups in total. The summed E-state index contributed by atoms with van der Waals surface area (Å²) < 4.78 is 48.1. The lowest BCUT2D eigenvalue weighted by molar-refractivity contribution is -0.137. The number of aliphatic hydroxyl groups is 1. The van der Waals surface area contributed by atoms with Crippen LogP contribution in [-0.4, -0.2) is 18.4 Å². The van der Waals surface area contributed by atoms with Gasteiger partial charge in [-0.25, -0.2) is 0 Å². The summed E-state index contributed by atoms with van der Waals surface area (Å²) >= 11 is 0. The number of nitrogens with zero attached hydrogens (tertiary/aromatic N) is 1. The van der Waals surface area contributed by atoms with E-state index in [2.05, 4.69) is 53.8 Å². The van der Waals surface area contributed by atoms with E-state index < -0.39 is 26.2 Å². The van der Waals surface area contributed by atoms with Gasteiger partial charge in [0.05, 0.1) is 11.7 Å². The van der Waals surface area contributed by atoms with Crippen molar-refractivity contribution in [1.82, 2.24) is 4.98 Å². The third kappa shape index (κ3) is 6.12. The highest BCUT2D eigenvalue weighted by Gasteiger charge is 2.45. The average Bonchev–Trinajstić information content (AvgIpc) is 3.35. The standard InChI is InChI=1S/C33H46F3NO2Si/c1-20(2)29-28(30(38)22-15-12-16-23(17-22)33(34,35)36)26(21-13-10-11-14-21)27-24(37-29)18-32(6,7)19-25(27)39-40(8,9)31(3,4)5/h12-13,15-17,20,25,30,38H,10-11,14,18-19H2,1-9H3. The molecule has 1 heterocycles. The van der Waals surface area contributed by atoms with Crippen LogP contribution in [0.2, 0.25) is 18.1 Å². The topological polar surface area (TPSA) is 42.4 Å². The fourth-order valence-corrected chi connectivity index (χ4v) is 7.21. The predicted molar refractivity (Wildman–Crippen MR) is 159 cm³/mol. The Labute approximate surface area is 239 Å². The number of aliphatic hydroxyl groups excluding tert-OH is 1. The molecule has 2 unspecified atom stereocenters. The second-order valence-electron chi connectivity index (χ2n) is 14.4. The summed E-state index contributed by atoms with van der Waals surface area (Å²) in [5.41, 5.74) is 5.03. The maximum Gasteiger partial charge on any atom is 0.416 e. The van der Waals surface area contributed by atoms with E-state index in [9.17, 15) is 18.3 Å². The first kappa shape index (κ1) is 31.0. The van der Waals surface area contributed by atoms with Gasteiger partial charge in [-0.05, 0) is 90.4 Å². The molecule has 3 nitrogen and oxygen atoms in total. The molecular weight excluding hydrogens is 527 g/mol. The zero-order valence-corrected chi connectivity index (χ0v) is 26.6. The molecule has 1 aromatic carbocycles. The number of allylic oxidation sites excluding steroid dienone is 2. The van der Waals surface area contributed by atoms with E-state index in [1.54, 1.807) is 6.07 Å². The van der Waals surface area contributed by atoms with Gasteiger partial charge >= 0.3 is 6.18 Å². The molecule has 220 valence electrons. The highest BCUT2D eigenvalue weighted by atomic mass is 28.4. The third-order valence-corrected chi connectivity index (χ3v) is 13.5. The Kier molecular flexibility index (Phi) is 8.29. The van der Waals surface area contributed by atoms with Crippen molar-refractivity contribution in [2.45, 2.75) is 123 Å². The van der Waals surface area contributed by atoms with Crippen molar-refractivity contribution in [2.75, 3.05) is 0 Å². The van der Waals surface area contributed by atoms with Crippen molar-refractivity contribution in [3.63, 3.8) is 0 Å². The van der Waals surface area contributed by atoms with Gasteiger partial charge in [0.25, 0.3) is 0 Å². The third-order valence-electron chi connectivity index (χ3n) is 9.04. The molecule has 2 atom stereocenters. The van der Waals surface area contributed by atoms with Crippen LogP contribution in [0.15, 0.2) is 30.3 Å². The van der Waals surface area contributed by atoms with Crippen molar-refractivity contribution >= 4 is 13.9 Å². The first-order valence-electron chi connectivity index (χ1n) is 14.6. The molecule has 7 heteroatoms. The van der Waals surface area contributed by atoms with Crippen molar-refractivity contribution < 1.29 is 22.7 Å². The molecule has 0 aliphatic heterocycles. The van der Waals surface area contributed by atoms with Gasteiger partial charge in [-0.3, -0.25) is 4.98 Å². The average molecular weight is 574 g/mol. The van der Waals surface area contributed by atoms with Gasteiger partial charge in [0.15, 0.2) is 8.32 Å². The number of alkyl halides is 3. The van der Waals surface area contributed by atoms with Gasteiger partial charge in [0, 0.05) is 22.5 Å². The summed E-state index contributed by atoms with van der Waals surface area (Å²) in [7, 11) is -2.19. The fourth-order valence-electron chi connectivity index (χ4n) is 5.94. The van der Waals surface area contributed by atoms with Gasteiger partial charge in [0.1, 0.15) is 6.10 Å². The van der Waals surface area contributed by atoms with E-state index >= 15 is 0 Å². The largest absolute Gasteiger partial charge is 0.416 e. The minimum Gasteiger partial charge on any atom is -0.410 e. The minimum absolute atomic E-state index is 0.00717. The van der Waals surface area contributed by atoms with Gasteiger partial charge in [-0.2, -0.15) is 13.2 Å². The van der Waals surface area contributed by atoms with E-state index in [4.69, 9.17) is 9.41 Å². The molecule has 1 aromatic heterocycles. The van der Waals surface area contributed by atoms with Crippen LogP contribution in [0.5, 0.6) is 0 Å². The van der Waals surface area contributed by atoms with Crippen molar-refractivity contribution in [3.05, 3.63) is 69.5 Å². The molecule has 4 rings (SSSR count). The van der Waals surface area contributed by atoms with Crippen LogP contribution in [0.25, 0.3) is 5.57 Å². The van der Waals surface area contributed by atoms with Crippen molar-refractivity contribution in [3.8, 4) is 0 Å². The quantitative estimate of drug-likeness (QED) is 0.350. The highest BCUT2D eigenvalue weighted by Crippen LogP contribution is 2.52. The van der Waals surface area contributed by atoms with Gasteiger partial charge < -0.3 is 9.53 Å². The lowest BCUT2D eigenvalue weighted by Crippen LogP contribution is -2.44. The van der Waals surface area contributed by atoms with Crippen LogP contribution in [0, 0.1) is 5.41 Å². The van der Waals surface area contributed by atoms with Gasteiger partial charge in [0.2, 0.25) is 0 Å². The first-order chi connectivity index (χ1) is 18.3. The summed E-state index contributed by atoms with van der Waals surface area (Å²) in [5, 5.41) is 11.9. The molecular formula is C33H46F3NO2Si. The van der Waals surface area contributed by atoms with Crippen molar-refractivity contribution in [2.24, 2.45) is 5.41 Å². The Balaban J connectivity index is 2.02. The molecule has 2 aliphatic carbocycles. The van der Waals surface area contributed by atoms with E-state index in [0.717, 1.165) is 72.3 Å². The molecule has 2 aliphatic rings. The number of hydrogen-bond acceptors (Lipinski definition) is 3. The Morgan fingerprint density at radius 1 is 1.12 bits per heavy atom. The van der Waals surface area contributed by atoms with Gasteiger partial charge in [-0.15, -0.1) is 0 Å². The summed E-state index contributed by atoms with van der Waals surface area (Å²) in [5.74, 6) is -0.0219. The van der Waals surface area contributed by atoms with Crippen molar-refractivity contribution in [1.29, 1.82) is 0 Å². The van der Waals surface area contributed by atoms with Gasteiger partial charge in [-0.1, -0.05) is 66.7 Å². The molecule has 2 aromatic rings. The molecule has 0 saturated heterocycles. The number of hydrogen-bond donors (Lipinski definition) is 1. The number of halogens is 3. The molecule has 0 spiro atoms. The smallest absolute Gasteiger partial charge is 0.410 e. The van der Waals surface area contributed by atoms with Crippen LogP contribution in [0.4, 0.5) is 13.2 Å². The summed E-state index contributed by atoms with van der Waals surface area (Å²) in [4.78, 5) is 5.23. The zero-order chi connectivity index (χ0) is 29.8. The number of rotatable bonds is 6. The number of benzene rings is 1. The first-order valence-corrected chi connectivity index (χ1v) is 17.5. The van der Waals surface area contributed by atoms with Crippen LogP contribution in [0.3, 0.4) is 0 Å². The monoisotopic (exact) mass is 573 g/mol.